The van der Waals surface area contributed by atoms with Gasteiger partial charge < -0.3 is 24.8 Å². The first-order valence-corrected chi connectivity index (χ1v) is 16.6. The van der Waals surface area contributed by atoms with E-state index in [-0.39, 0.29) is 24.8 Å². The van der Waals surface area contributed by atoms with Gasteiger partial charge in [0, 0.05) is 0 Å². The van der Waals surface area contributed by atoms with Crippen LogP contribution in [-0.2, 0) is 30.7 Å². The van der Waals surface area contributed by atoms with E-state index in [4.69, 9.17) is 0 Å². The molecule has 0 spiro atoms. The second-order valence-electron chi connectivity index (χ2n) is 11.4. The maximum atomic E-state index is 3.48. The molecule has 0 amide bonds. The summed E-state index contributed by atoms with van der Waals surface area (Å²) in [6.07, 6.45) is 1.02. The molecule has 0 N–H and O–H groups in total. The van der Waals surface area contributed by atoms with Crippen molar-refractivity contribution < 1.29 is 49.0 Å². The molecule has 2 unspecified atom stereocenters. The summed E-state index contributed by atoms with van der Waals surface area (Å²) in [6.45, 7) is 4.64. The SMILES string of the molecule is CC([C](=[Zr+2])C(C)c1ccccc1)c1ccccc1.[Cl-].[Cl-].[c-]1cccc2c1c1c(c3ccccc32)-c2ccccc2C1.c1cc[cH-]c1. The van der Waals surface area contributed by atoms with Crippen molar-refractivity contribution in [3.63, 3.8) is 0 Å². The van der Waals surface area contributed by atoms with Crippen LogP contribution >= 0.6 is 0 Å². The van der Waals surface area contributed by atoms with Crippen LogP contribution in [0.4, 0.5) is 0 Å². The van der Waals surface area contributed by atoms with Gasteiger partial charge in [-0.2, -0.15) is 18.2 Å². The van der Waals surface area contributed by atoms with Gasteiger partial charge in [0.2, 0.25) is 0 Å². The van der Waals surface area contributed by atoms with Crippen LogP contribution in [0.5, 0.6) is 0 Å². The third-order valence-corrected chi connectivity index (χ3v) is 10.8. The topological polar surface area (TPSA) is 0 Å². The van der Waals surface area contributed by atoms with E-state index < -0.39 is 0 Å². The molecule has 228 valence electrons. The Labute approximate surface area is 301 Å². The molecular weight excluding hydrogens is 679 g/mol. The van der Waals surface area contributed by atoms with E-state index in [1.165, 1.54) is 54.9 Å². The van der Waals surface area contributed by atoms with Crippen LogP contribution in [0.1, 0.15) is 47.9 Å². The maximum absolute atomic E-state index is 3.48. The number of rotatable bonds is 4. The van der Waals surface area contributed by atoms with Crippen molar-refractivity contribution in [3.8, 4) is 11.1 Å². The second-order valence-corrected chi connectivity index (χ2v) is 12.8. The van der Waals surface area contributed by atoms with Crippen LogP contribution in [0.25, 0.3) is 32.7 Å². The molecule has 2 atom stereocenters. The molecule has 1 aliphatic rings. The quantitative estimate of drug-likeness (QED) is 0.176. The average molecular weight is 715 g/mol. The number of halogens is 2. The van der Waals surface area contributed by atoms with Gasteiger partial charge >= 0.3 is 125 Å². The van der Waals surface area contributed by atoms with Gasteiger partial charge in [-0.15, -0.1) is 40.6 Å². The van der Waals surface area contributed by atoms with Crippen LogP contribution in [0, 0.1) is 6.07 Å². The molecule has 0 heterocycles. The van der Waals surface area contributed by atoms with E-state index in [0.29, 0.717) is 11.8 Å². The zero-order valence-corrected chi connectivity index (χ0v) is 30.1. The molecule has 0 radical (unpaired) electrons. The van der Waals surface area contributed by atoms with Crippen molar-refractivity contribution >= 4 is 24.8 Å². The minimum absolute atomic E-state index is 0. The molecule has 0 bridgehead atoms. The second kappa shape index (κ2) is 16.9. The largest absolute Gasteiger partial charge is 1.00 e. The average Bonchev–Trinajstić information content (AvgIpc) is 3.81. The molecule has 7 aromatic rings. The standard InChI is InChI=1S/C21H13.C17H18.C5H5.2ClH.Zr/c1-2-8-15-14(7-1)13-20-18-11-4-3-9-16(18)17-10-5-6-12-19(17)21(15)20;1-14(16-9-5-3-6-10-16)13-15(2)17-11-7-4-8-12-17;1-2-4-5-3-1;;;/h1-10,12H,13H2;3-12,14-15H,1-2H3;1-5H;2*1H;/q-1;;-1;;;+2/p-2. The molecule has 8 rings (SSSR count). The summed E-state index contributed by atoms with van der Waals surface area (Å²) in [7, 11) is 0. The van der Waals surface area contributed by atoms with E-state index in [1.807, 2.05) is 36.4 Å². The van der Waals surface area contributed by atoms with Crippen LogP contribution < -0.4 is 24.8 Å². The molecular formula is C43H36Cl2Zr-2. The van der Waals surface area contributed by atoms with E-state index >= 15 is 0 Å². The maximum Gasteiger partial charge on any atom is -0.0240 e. The summed E-state index contributed by atoms with van der Waals surface area (Å²) in [6, 6.07) is 58.9. The summed E-state index contributed by atoms with van der Waals surface area (Å²) >= 11 is 1.54. The number of hydrogen-bond donors (Lipinski definition) is 0. The summed E-state index contributed by atoms with van der Waals surface area (Å²) in [4.78, 5) is 0. The molecule has 0 aliphatic heterocycles. The van der Waals surface area contributed by atoms with Gasteiger partial charge in [0.25, 0.3) is 0 Å². The summed E-state index contributed by atoms with van der Waals surface area (Å²) in [5, 5.41) is 5.30. The van der Waals surface area contributed by atoms with E-state index in [1.54, 1.807) is 27.4 Å². The van der Waals surface area contributed by atoms with Crippen molar-refractivity contribution in [2.75, 3.05) is 0 Å². The van der Waals surface area contributed by atoms with E-state index in [2.05, 4.69) is 141 Å². The van der Waals surface area contributed by atoms with Gasteiger partial charge in [0.05, 0.1) is 0 Å². The minimum Gasteiger partial charge on any atom is -1.00 e. The Morgan fingerprint density at radius 1 is 0.609 bits per heavy atom. The fourth-order valence-electron chi connectivity index (χ4n) is 6.27. The molecule has 3 heteroatoms. The van der Waals surface area contributed by atoms with Crippen molar-refractivity contribution in [2.24, 2.45) is 0 Å². The first kappa shape index (κ1) is 35.4. The van der Waals surface area contributed by atoms with Crippen LogP contribution in [0.3, 0.4) is 0 Å². The zero-order valence-electron chi connectivity index (χ0n) is 26.1. The van der Waals surface area contributed by atoms with Gasteiger partial charge in [-0.25, -0.2) is 12.1 Å². The van der Waals surface area contributed by atoms with Crippen molar-refractivity contribution in [1.29, 1.82) is 0 Å². The molecule has 0 aromatic heterocycles. The number of benzene rings is 6. The van der Waals surface area contributed by atoms with Gasteiger partial charge in [-0.1, -0.05) is 53.9 Å². The predicted octanol–water partition coefficient (Wildman–Crippen LogP) is 5.09. The molecule has 0 saturated carbocycles. The molecule has 1 aliphatic carbocycles. The van der Waals surface area contributed by atoms with Crippen molar-refractivity contribution in [3.05, 3.63) is 186 Å². The molecule has 0 saturated heterocycles. The Balaban J connectivity index is 0.000000176. The van der Waals surface area contributed by atoms with Gasteiger partial charge in [0.1, 0.15) is 0 Å². The minimum atomic E-state index is 0. The Bertz CT molecular complexity index is 1910. The van der Waals surface area contributed by atoms with E-state index in [0.717, 1.165) is 6.42 Å². The van der Waals surface area contributed by atoms with E-state index in [9.17, 15) is 0 Å². The first-order chi connectivity index (χ1) is 21.6. The molecule has 7 aromatic carbocycles. The van der Waals surface area contributed by atoms with Crippen LogP contribution in [0.2, 0.25) is 0 Å². The third-order valence-electron chi connectivity index (χ3n) is 8.69. The van der Waals surface area contributed by atoms with Crippen LogP contribution in [-0.4, -0.2) is 3.21 Å². The van der Waals surface area contributed by atoms with Gasteiger partial charge in [-0.3, -0.25) is 0 Å². The molecule has 0 fully saturated rings. The van der Waals surface area contributed by atoms with Gasteiger partial charge in [-0.05, 0) is 28.5 Å². The molecule has 0 nitrogen and oxygen atoms in total. The Kier molecular flexibility index (Phi) is 13.0. The Morgan fingerprint density at radius 3 is 1.72 bits per heavy atom. The fourth-order valence-corrected chi connectivity index (χ4v) is 7.09. The number of fused-ring (bicyclic) bond motifs is 8. The fraction of sp³-hybridized carbons (Fsp3) is 0.116. The van der Waals surface area contributed by atoms with Crippen molar-refractivity contribution in [1.82, 2.24) is 0 Å². The van der Waals surface area contributed by atoms with Crippen LogP contribution in [0.15, 0.2) is 158 Å². The van der Waals surface area contributed by atoms with Gasteiger partial charge in [0.15, 0.2) is 0 Å². The van der Waals surface area contributed by atoms with Crippen molar-refractivity contribution in [2.45, 2.75) is 32.1 Å². The summed E-state index contributed by atoms with van der Waals surface area (Å²) < 4.78 is 1.61. The Morgan fingerprint density at radius 2 is 1.13 bits per heavy atom. The summed E-state index contributed by atoms with van der Waals surface area (Å²) in [5.74, 6) is 1.08. The first-order valence-electron chi connectivity index (χ1n) is 15.4. The predicted molar refractivity (Wildman–Crippen MR) is 185 cm³/mol. The smallest absolute Gasteiger partial charge is 0.0240 e. The normalized spacial score (nSPS) is 12.1. The Hall–Kier alpha value is -3.48. The zero-order chi connectivity index (χ0) is 30.3. The summed E-state index contributed by atoms with van der Waals surface area (Å²) in [5.41, 5.74) is 8.52. The third kappa shape index (κ3) is 7.72. The monoisotopic (exact) mass is 712 g/mol. The number of hydrogen-bond acceptors (Lipinski definition) is 0. The molecule has 46 heavy (non-hydrogen) atoms.